The van der Waals surface area contributed by atoms with Crippen molar-refractivity contribution in [2.45, 2.75) is 52.2 Å². The number of nitrogens with one attached hydrogen (secondary N) is 2. The van der Waals surface area contributed by atoms with Crippen molar-refractivity contribution in [2.75, 3.05) is 22.6 Å². The number of likely N-dealkylation sites (N-methyl/N-ethyl adjacent to an activating group) is 1. The highest BCUT2D eigenvalue weighted by atomic mass is 16.2. The SMILES string of the molecule is Cc1cc(NCc2cnn(CCC3CC3)c2)nc2c1NC(=O)[C@H](C)N2C. The first kappa shape index (κ1) is 16.9. The van der Waals surface area contributed by atoms with E-state index in [1.54, 1.807) is 0 Å². The third-order valence-electron chi connectivity index (χ3n) is 5.36. The highest BCUT2D eigenvalue weighted by Crippen LogP contribution is 2.34. The molecule has 26 heavy (non-hydrogen) atoms. The maximum atomic E-state index is 12.0. The number of carbonyl (C=O) groups is 1. The lowest BCUT2D eigenvalue weighted by Gasteiger charge is -2.33. The molecule has 7 nitrogen and oxygen atoms in total. The maximum Gasteiger partial charge on any atom is 0.246 e. The number of hydrogen-bond donors (Lipinski definition) is 2. The lowest BCUT2D eigenvalue weighted by Crippen LogP contribution is -2.44. The maximum absolute atomic E-state index is 12.0. The Morgan fingerprint density at radius 2 is 2.19 bits per heavy atom. The minimum Gasteiger partial charge on any atom is -0.366 e. The van der Waals surface area contributed by atoms with Gasteiger partial charge in [-0.05, 0) is 37.8 Å². The Morgan fingerprint density at radius 3 is 2.96 bits per heavy atom. The number of anilines is 3. The average molecular weight is 354 g/mol. The summed E-state index contributed by atoms with van der Waals surface area (Å²) in [5.41, 5.74) is 2.95. The molecule has 7 heteroatoms. The van der Waals surface area contributed by atoms with Crippen molar-refractivity contribution in [2.24, 2.45) is 5.92 Å². The van der Waals surface area contributed by atoms with Crippen LogP contribution < -0.4 is 15.5 Å². The standard InChI is InChI=1S/C19H26N6O/c1-12-8-16(22-18-17(12)23-19(26)13(2)24(18)3)20-9-15-10-21-25(11-15)7-6-14-4-5-14/h8,10-11,13-14H,4-7,9H2,1-3H3,(H,20,22)(H,23,26)/t13-/m0/s1. The Hall–Kier alpha value is -2.57. The van der Waals surface area contributed by atoms with Crippen LogP contribution in [0.5, 0.6) is 0 Å². The fourth-order valence-electron chi connectivity index (χ4n) is 3.28. The second kappa shape index (κ2) is 6.63. The van der Waals surface area contributed by atoms with Crippen molar-refractivity contribution >= 4 is 23.2 Å². The molecule has 1 fully saturated rings. The summed E-state index contributed by atoms with van der Waals surface area (Å²) in [5, 5.41) is 10.8. The van der Waals surface area contributed by atoms with Crippen LogP contribution in [0.25, 0.3) is 0 Å². The fraction of sp³-hybridized carbons (Fsp3) is 0.526. The Kier molecular flexibility index (Phi) is 4.30. The molecule has 2 aliphatic rings. The lowest BCUT2D eigenvalue weighted by molar-refractivity contribution is -0.117. The van der Waals surface area contributed by atoms with E-state index in [1.165, 1.54) is 19.3 Å². The number of aromatic nitrogens is 3. The highest BCUT2D eigenvalue weighted by Gasteiger charge is 2.29. The Morgan fingerprint density at radius 1 is 1.38 bits per heavy atom. The fourth-order valence-corrected chi connectivity index (χ4v) is 3.28. The first-order valence-electron chi connectivity index (χ1n) is 9.32. The highest BCUT2D eigenvalue weighted by molar-refractivity contribution is 6.03. The Balaban J connectivity index is 1.44. The predicted molar refractivity (Wildman–Crippen MR) is 102 cm³/mol. The van der Waals surface area contributed by atoms with Gasteiger partial charge in [0.25, 0.3) is 0 Å². The van der Waals surface area contributed by atoms with Crippen LogP contribution in [-0.2, 0) is 17.9 Å². The van der Waals surface area contributed by atoms with Crippen LogP contribution in [-0.4, -0.2) is 33.8 Å². The van der Waals surface area contributed by atoms with Gasteiger partial charge in [-0.25, -0.2) is 4.98 Å². The topological polar surface area (TPSA) is 75.1 Å². The summed E-state index contributed by atoms with van der Waals surface area (Å²) in [4.78, 5) is 18.6. The smallest absolute Gasteiger partial charge is 0.246 e. The minimum absolute atomic E-state index is 0.00391. The molecule has 0 unspecified atom stereocenters. The molecule has 0 saturated heterocycles. The predicted octanol–water partition coefficient (Wildman–Crippen LogP) is 2.78. The van der Waals surface area contributed by atoms with E-state index in [0.29, 0.717) is 6.54 Å². The monoisotopic (exact) mass is 354 g/mol. The summed E-state index contributed by atoms with van der Waals surface area (Å²) < 4.78 is 2.03. The number of carbonyl (C=O) groups excluding carboxylic acids is 1. The molecular formula is C19H26N6O. The molecule has 0 radical (unpaired) electrons. The van der Waals surface area contributed by atoms with E-state index in [9.17, 15) is 4.79 Å². The van der Waals surface area contributed by atoms with E-state index < -0.39 is 0 Å². The van der Waals surface area contributed by atoms with Crippen LogP contribution >= 0.6 is 0 Å². The van der Waals surface area contributed by atoms with Crippen molar-refractivity contribution in [1.82, 2.24) is 14.8 Å². The zero-order valence-electron chi connectivity index (χ0n) is 15.6. The molecule has 1 saturated carbocycles. The molecule has 2 N–H and O–H groups in total. The summed E-state index contributed by atoms with van der Waals surface area (Å²) in [5.74, 6) is 2.54. The molecule has 1 amide bonds. The molecule has 2 aromatic rings. The van der Waals surface area contributed by atoms with Gasteiger partial charge in [0, 0.05) is 31.9 Å². The average Bonchev–Trinajstić information content (AvgIpc) is 3.35. The normalized spacial score (nSPS) is 19.3. The summed E-state index contributed by atoms with van der Waals surface area (Å²) >= 11 is 0. The molecule has 2 aromatic heterocycles. The third-order valence-corrected chi connectivity index (χ3v) is 5.36. The van der Waals surface area contributed by atoms with Gasteiger partial charge in [0.05, 0.1) is 11.9 Å². The van der Waals surface area contributed by atoms with Crippen LogP contribution in [0, 0.1) is 12.8 Å². The number of hydrogen-bond acceptors (Lipinski definition) is 5. The van der Waals surface area contributed by atoms with E-state index in [0.717, 1.165) is 40.9 Å². The Labute approximate surface area is 153 Å². The summed E-state index contributed by atoms with van der Waals surface area (Å²) in [7, 11) is 1.91. The number of rotatable bonds is 6. The molecule has 138 valence electrons. The van der Waals surface area contributed by atoms with Crippen molar-refractivity contribution < 1.29 is 4.79 Å². The molecule has 0 aromatic carbocycles. The minimum atomic E-state index is -0.227. The van der Waals surface area contributed by atoms with Gasteiger partial charge in [0.2, 0.25) is 5.91 Å². The number of pyridine rings is 1. The molecule has 1 aliphatic heterocycles. The molecule has 0 bridgehead atoms. The van der Waals surface area contributed by atoms with Crippen molar-refractivity contribution in [1.29, 1.82) is 0 Å². The first-order chi connectivity index (χ1) is 12.5. The molecule has 3 heterocycles. The van der Waals surface area contributed by atoms with Crippen LogP contribution in [0.3, 0.4) is 0 Å². The molecular weight excluding hydrogens is 328 g/mol. The summed E-state index contributed by atoms with van der Waals surface area (Å²) in [6, 6.07) is 1.75. The quantitative estimate of drug-likeness (QED) is 0.834. The molecule has 4 rings (SSSR count). The van der Waals surface area contributed by atoms with Gasteiger partial charge in [-0.2, -0.15) is 5.10 Å². The van der Waals surface area contributed by atoms with Crippen molar-refractivity contribution in [3.05, 3.63) is 29.6 Å². The molecule has 1 atom stereocenters. The number of amides is 1. The zero-order chi connectivity index (χ0) is 18.3. The van der Waals surface area contributed by atoms with E-state index in [-0.39, 0.29) is 11.9 Å². The summed E-state index contributed by atoms with van der Waals surface area (Å²) in [6.07, 6.45) is 8.02. The second-order valence-corrected chi connectivity index (χ2v) is 7.50. The van der Waals surface area contributed by atoms with E-state index in [2.05, 4.69) is 21.9 Å². The van der Waals surface area contributed by atoms with E-state index >= 15 is 0 Å². The van der Waals surface area contributed by atoms with Crippen molar-refractivity contribution in [3.8, 4) is 0 Å². The third kappa shape index (κ3) is 3.38. The van der Waals surface area contributed by atoms with Gasteiger partial charge >= 0.3 is 0 Å². The van der Waals surface area contributed by atoms with E-state index in [4.69, 9.17) is 4.98 Å². The van der Waals surface area contributed by atoms with Crippen LogP contribution in [0.2, 0.25) is 0 Å². The van der Waals surface area contributed by atoms with E-state index in [1.807, 2.05) is 42.7 Å². The largest absolute Gasteiger partial charge is 0.366 e. The van der Waals surface area contributed by atoms with Gasteiger partial charge < -0.3 is 15.5 Å². The van der Waals surface area contributed by atoms with Crippen molar-refractivity contribution in [3.63, 3.8) is 0 Å². The van der Waals surface area contributed by atoms with Gasteiger partial charge in [-0.15, -0.1) is 0 Å². The molecule has 0 spiro atoms. The Bertz CT molecular complexity index is 825. The number of nitrogens with zero attached hydrogens (tertiary/aromatic N) is 4. The van der Waals surface area contributed by atoms with Crippen LogP contribution in [0.4, 0.5) is 17.3 Å². The molecule has 1 aliphatic carbocycles. The second-order valence-electron chi connectivity index (χ2n) is 7.50. The van der Waals surface area contributed by atoms with Gasteiger partial charge in [-0.1, -0.05) is 12.8 Å². The summed E-state index contributed by atoms with van der Waals surface area (Å²) in [6.45, 7) is 5.56. The van der Waals surface area contributed by atoms with Gasteiger partial charge in [0.1, 0.15) is 11.9 Å². The van der Waals surface area contributed by atoms with Gasteiger partial charge in [0.15, 0.2) is 5.82 Å². The number of aryl methyl sites for hydroxylation is 2. The zero-order valence-corrected chi connectivity index (χ0v) is 15.6. The van der Waals surface area contributed by atoms with Crippen LogP contribution in [0.15, 0.2) is 18.5 Å². The number of fused-ring (bicyclic) bond motifs is 1. The van der Waals surface area contributed by atoms with Crippen LogP contribution in [0.1, 0.15) is 37.3 Å². The first-order valence-corrected chi connectivity index (χ1v) is 9.32. The lowest BCUT2D eigenvalue weighted by atomic mass is 10.1. The van der Waals surface area contributed by atoms with Gasteiger partial charge in [-0.3, -0.25) is 9.48 Å².